The van der Waals surface area contributed by atoms with Crippen LogP contribution in [0.25, 0.3) is 0 Å². The van der Waals surface area contributed by atoms with Crippen LogP contribution in [0.1, 0.15) is 27.8 Å². The Morgan fingerprint density at radius 1 is 0.814 bits per heavy atom. The van der Waals surface area contributed by atoms with Crippen LogP contribution < -0.4 is 9.62 Å². The van der Waals surface area contributed by atoms with Gasteiger partial charge in [-0.05, 0) is 73.4 Å². The van der Waals surface area contributed by atoms with Crippen molar-refractivity contribution in [3.63, 3.8) is 0 Å². The Morgan fingerprint density at radius 3 is 2.07 bits per heavy atom. The van der Waals surface area contributed by atoms with Gasteiger partial charge >= 0.3 is 0 Å². The predicted octanol–water partition coefficient (Wildman–Crippen LogP) is 5.85. The Balaban J connectivity index is 1.81. The fraction of sp³-hybridized carbons (Fsp3) is 0.235. The highest BCUT2D eigenvalue weighted by molar-refractivity contribution is 7.92. The topological polar surface area (TPSA) is 86.8 Å². The molecule has 1 atom stereocenters. The van der Waals surface area contributed by atoms with Crippen molar-refractivity contribution in [3.05, 3.63) is 130 Å². The molecule has 4 aromatic carbocycles. The Labute approximate surface area is 259 Å². The first-order valence-corrected chi connectivity index (χ1v) is 15.8. The van der Waals surface area contributed by atoms with Gasteiger partial charge in [-0.15, -0.1) is 0 Å². The lowest BCUT2D eigenvalue weighted by Crippen LogP contribution is -2.53. The number of rotatable bonds is 11. The fourth-order valence-electron chi connectivity index (χ4n) is 4.85. The van der Waals surface area contributed by atoms with Gasteiger partial charge in [-0.3, -0.25) is 13.9 Å². The fourth-order valence-corrected chi connectivity index (χ4v) is 6.44. The highest BCUT2D eigenvalue weighted by Crippen LogP contribution is 2.29. The summed E-state index contributed by atoms with van der Waals surface area (Å²) in [6.07, 6.45) is 0.244. The summed E-state index contributed by atoms with van der Waals surface area (Å²) in [5.74, 6) is -0.873. The maximum atomic E-state index is 14.4. The second-order valence-corrected chi connectivity index (χ2v) is 12.9. The van der Waals surface area contributed by atoms with Crippen molar-refractivity contribution < 1.29 is 18.0 Å². The minimum Gasteiger partial charge on any atom is -0.357 e. The number of likely N-dealkylation sites (N-methyl/N-ethyl adjacent to an activating group) is 1. The zero-order valence-electron chi connectivity index (χ0n) is 24.7. The molecule has 224 valence electrons. The number of benzene rings is 4. The summed E-state index contributed by atoms with van der Waals surface area (Å²) in [6, 6.07) is 27.6. The summed E-state index contributed by atoms with van der Waals surface area (Å²) in [7, 11) is -2.64. The van der Waals surface area contributed by atoms with Crippen molar-refractivity contribution in [2.45, 2.75) is 44.7 Å². The highest BCUT2D eigenvalue weighted by Gasteiger charge is 2.34. The Hall–Kier alpha value is -4.14. The number of hydrogen-bond donors (Lipinski definition) is 1. The van der Waals surface area contributed by atoms with Crippen LogP contribution in [0.15, 0.2) is 102 Å². The summed E-state index contributed by atoms with van der Waals surface area (Å²) in [5, 5.41) is 3.23. The highest BCUT2D eigenvalue weighted by atomic mass is 35.5. The van der Waals surface area contributed by atoms with E-state index in [1.54, 1.807) is 54.6 Å². The first-order chi connectivity index (χ1) is 20.5. The van der Waals surface area contributed by atoms with Crippen molar-refractivity contribution in [2.24, 2.45) is 0 Å². The van der Waals surface area contributed by atoms with Gasteiger partial charge in [0.1, 0.15) is 12.6 Å². The molecular formula is C34H36ClN3O4S. The van der Waals surface area contributed by atoms with Crippen molar-refractivity contribution in [1.82, 2.24) is 10.2 Å². The predicted molar refractivity (Wildman–Crippen MR) is 172 cm³/mol. The molecule has 0 aliphatic carbocycles. The van der Waals surface area contributed by atoms with Gasteiger partial charge in [-0.2, -0.15) is 0 Å². The average molecular weight is 618 g/mol. The van der Waals surface area contributed by atoms with E-state index in [1.807, 2.05) is 63.2 Å². The number of anilines is 1. The molecule has 0 aromatic heterocycles. The summed E-state index contributed by atoms with van der Waals surface area (Å²) in [4.78, 5) is 29.3. The summed E-state index contributed by atoms with van der Waals surface area (Å²) >= 11 is 6.12. The lowest BCUT2D eigenvalue weighted by atomic mass is 10.0. The number of nitrogens with zero attached hydrogens (tertiary/aromatic N) is 2. The zero-order chi connectivity index (χ0) is 31.1. The second-order valence-electron chi connectivity index (χ2n) is 10.6. The number of aryl methyl sites for hydroxylation is 3. The number of sulfonamides is 1. The molecule has 9 heteroatoms. The number of amides is 2. The van der Waals surface area contributed by atoms with Crippen LogP contribution >= 0.6 is 11.6 Å². The van der Waals surface area contributed by atoms with E-state index in [2.05, 4.69) is 5.32 Å². The molecule has 0 aliphatic heterocycles. The van der Waals surface area contributed by atoms with Gasteiger partial charge in [0, 0.05) is 25.0 Å². The van der Waals surface area contributed by atoms with E-state index in [-0.39, 0.29) is 23.8 Å². The molecule has 0 unspecified atom stereocenters. The first kappa shape index (κ1) is 31.8. The summed E-state index contributed by atoms with van der Waals surface area (Å²) in [6.45, 7) is 5.13. The monoisotopic (exact) mass is 617 g/mol. The molecule has 0 fully saturated rings. The van der Waals surface area contributed by atoms with Gasteiger partial charge in [0.25, 0.3) is 10.0 Å². The maximum absolute atomic E-state index is 14.4. The van der Waals surface area contributed by atoms with E-state index in [0.717, 1.165) is 26.6 Å². The third-order valence-electron chi connectivity index (χ3n) is 7.30. The second kappa shape index (κ2) is 13.9. The number of carbonyl (C=O) groups is 2. The van der Waals surface area contributed by atoms with Gasteiger partial charge in [-0.25, -0.2) is 8.42 Å². The molecule has 43 heavy (non-hydrogen) atoms. The summed E-state index contributed by atoms with van der Waals surface area (Å²) in [5.41, 5.74) is 4.48. The normalized spacial score (nSPS) is 11.9. The van der Waals surface area contributed by atoms with Gasteiger partial charge in [0.2, 0.25) is 11.8 Å². The SMILES string of the molecule is CNC(=O)[C@@H](Cc1ccccc1)N(Cc1ccc(Cl)cc1)C(=O)CN(c1cc(C)ccc1C)S(=O)(=O)c1ccc(C)cc1. The van der Waals surface area contributed by atoms with Gasteiger partial charge in [0.15, 0.2) is 0 Å². The first-order valence-electron chi connectivity index (χ1n) is 14.0. The van der Waals surface area contributed by atoms with Crippen LogP contribution in [-0.4, -0.2) is 44.8 Å². The van der Waals surface area contributed by atoms with E-state index in [9.17, 15) is 18.0 Å². The van der Waals surface area contributed by atoms with E-state index in [4.69, 9.17) is 11.6 Å². The van der Waals surface area contributed by atoms with E-state index < -0.39 is 28.5 Å². The van der Waals surface area contributed by atoms with Gasteiger partial charge < -0.3 is 10.2 Å². The van der Waals surface area contributed by atoms with E-state index in [1.165, 1.54) is 11.9 Å². The van der Waals surface area contributed by atoms with Gasteiger partial charge in [0.05, 0.1) is 10.6 Å². The van der Waals surface area contributed by atoms with Crippen LogP contribution in [0.5, 0.6) is 0 Å². The molecule has 0 spiro atoms. The molecule has 1 N–H and O–H groups in total. The van der Waals surface area contributed by atoms with E-state index >= 15 is 0 Å². The molecule has 4 rings (SSSR count). The Morgan fingerprint density at radius 2 is 1.44 bits per heavy atom. The molecule has 2 amide bonds. The molecule has 0 saturated heterocycles. The quantitative estimate of drug-likeness (QED) is 0.229. The van der Waals surface area contributed by atoms with Crippen molar-refractivity contribution in [1.29, 1.82) is 0 Å². The molecule has 0 heterocycles. The van der Waals surface area contributed by atoms with Crippen molar-refractivity contribution >= 4 is 39.1 Å². The molecule has 0 bridgehead atoms. The van der Waals surface area contributed by atoms with Crippen LogP contribution in [-0.2, 0) is 32.6 Å². The number of carbonyl (C=O) groups excluding carboxylic acids is 2. The average Bonchev–Trinajstić information content (AvgIpc) is 3.00. The molecule has 0 saturated carbocycles. The Kier molecular flexibility index (Phi) is 10.3. The standard InChI is InChI=1S/C34H36ClN3O4S/c1-24-11-18-30(19-12-24)43(41,42)38(31-20-25(2)10-13-26(31)3)23-33(39)37(22-28-14-16-29(35)17-15-28)32(34(40)36-4)21-27-8-6-5-7-9-27/h5-20,32H,21-23H2,1-4H3,(H,36,40)/t32-/m1/s1. The third kappa shape index (κ3) is 7.83. The van der Waals surface area contributed by atoms with Crippen LogP contribution in [0.2, 0.25) is 5.02 Å². The lowest BCUT2D eigenvalue weighted by Gasteiger charge is -2.34. The number of hydrogen-bond acceptors (Lipinski definition) is 4. The third-order valence-corrected chi connectivity index (χ3v) is 9.33. The summed E-state index contributed by atoms with van der Waals surface area (Å²) < 4.78 is 29.5. The minimum atomic E-state index is -4.16. The van der Waals surface area contributed by atoms with E-state index in [0.29, 0.717) is 16.3 Å². The molecular weight excluding hydrogens is 582 g/mol. The minimum absolute atomic E-state index is 0.0724. The van der Waals surface area contributed by atoms with Crippen molar-refractivity contribution in [2.75, 3.05) is 17.9 Å². The Bertz CT molecular complexity index is 1680. The largest absolute Gasteiger partial charge is 0.357 e. The number of halogens is 1. The van der Waals surface area contributed by atoms with Crippen LogP contribution in [0.4, 0.5) is 5.69 Å². The van der Waals surface area contributed by atoms with Crippen LogP contribution in [0.3, 0.4) is 0 Å². The van der Waals surface area contributed by atoms with Crippen molar-refractivity contribution in [3.8, 4) is 0 Å². The van der Waals surface area contributed by atoms with Crippen LogP contribution in [0, 0.1) is 20.8 Å². The lowest BCUT2D eigenvalue weighted by molar-refractivity contribution is -0.139. The molecule has 7 nitrogen and oxygen atoms in total. The maximum Gasteiger partial charge on any atom is 0.264 e. The zero-order valence-corrected chi connectivity index (χ0v) is 26.3. The van der Waals surface area contributed by atoms with Gasteiger partial charge in [-0.1, -0.05) is 83.9 Å². The smallest absolute Gasteiger partial charge is 0.264 e. The molecule has 0 aliphatic rings. The molecule has 4 aromatic rings. The molecule has 0 radical (unpaired) electrons. The number of nitrogens with one attached hydrogen (secondary N) is 1.